The van der Waals surface area contributed by atoms with E-state index in [9.17, 15) is 9.59 Å². The van der Waals surface area contributed by atoms with Crippen LogP contribution >= 0.6 is 27.7 Å². The number of halogens is 1. The summed E-state index contributed by atoms with van der Waals surface area (Å²) in [4.78, 5) is 25.4. The molecule has 0 aliphatic carbocycles. The van der Waals surface area contributed by atoms with Crippen molar-refractivity contribution >= 4 is 50.9 Å². The Labute approximate surface area is 181 Å². The van der Waals surface area contributed by atoms with Crippen molar-refractivity contribution in [1.82, 2.24) is 0 Å². The van der Waals surface area contributed by atoms with Gasteiger partial charge in [-0.3, -0.25) is 9.59 Å². The van der Waals surface area contributed by atoms with Crippen molar-refractivity contribution in [3.8, 4) is 5.75 Å². The van der Waals surface area contributed by atoms with E-state index in [0.29, 0.717) is 35.0 Å². The fourth-order valence-electron chi connectivity index (χ4n) is 2.91. The third-order valence-corrected chi connectivity index (χ3v) is 6.19. The minimum absolute atomic E-state index is 0.0446. The van der Waals surface area contributed by atoms with E-state index >= 15 is 0 Å². The molecule has 0 unspecified atom stereocenters. The van der Waals surface area contributed by atoms with Gasteiger partial charge in [-0.1, -0.05) is 46.3 Å². The summed E-state index contributed by atoms with van der Waals surface area (Å²) in [6.45, 7) is 0.341. The predicted octanol–water partition coefficient (Wildman–Crippen LogP) is 5.32. The SMILES string of the molecule is O=C1CSc2ccc(NC(=O)c3ccccc3OCc3ccccc3Br)cc2N1. The first-order valence-corrected chi connectivity index (χ1v) is 10.7. The first-order valence-electron chi connectivity index (χ1n) is 8.93. The number of benzene rings is 3. The fourth-order valence-corrected chi connectivity index (χ4v) is 4.10. The lowest BCUT2D eigenvalue weighted by molar-refractivity contribution is -0.113. The maximum Gasteiger partial charge on any atom is 0.259 e. The molecule has 0 saturated heterocycles. The van der Waals surface area contributed by atoms with Gasteiger partial charge in [0, 0.05) is 20.6 Å². The molecule has 146 valence electrons. The number of fused-ring (bicyclic) bond motifs is 1. The normalized spacial score (nSPS) is 12.7. The highest BCUT2D eigenvalue weighted by molar-refractivity contribution is 9.10. The molecule has 2 amide bonds. The number of nitrogens with one attached hydrogen (secondary N) is 2. The molecule has 3 aromatic rings. The molecule has 1 aliphatic heterocycles. The van der Waals surface area contributed by atoms with Crippen LogP contribution in [0.2, 0.25) is 0 Å². The molecule has 7 heteroatoms. The predicted molar refractivity (Wildman–Crippen MR) is 119 cm³/mol. The van der Waals surface area contributed by atoms with Gasteiger partial charge >= 0.3 is 0 Å². The maximum absolute atomic E-state index is 12.9. The van der Waals surface area contributed by atoms with Gasteiger partial charge in [0.05, 0.1) is 17.0 Å². The number of thioether (sulfide) groups is 1. The Morgan fingerprint density at radius 2 is 1.90 bits per heavy atom. The molecule has 2 N–H and O–H groups in total. The smallest absolute Gasteiger partial charge is 0.259 e. The second-order valence-corrected chi connectivity index (χ2v) is 8.25. The standard InChI is InChI=1S/C22H17BrN2O3S/c23-17-7-3-1-5-14(17)12-28-19-8-4-2-6-16(19)22(27)24-15-9-10-20-18(11-15)25-21(26)13-29-20/h1-11H,12-13H2,(H,24,27)(H,25,26). The molecule has 5 nitrogen and oxygen atoms in total. The summed E-state index contributed by atoms with van der Waals surface area (Å²) in [5, 5.41) is 5.71. The average Bonchev–Trinajstić information content (AvgIpc) is 2.73. The van der Waals surface area contributed by atoms with E-state index in [2.05, 4.69) is 26.6 Å². The van der Waals surface area contributed by atoms with Crippen LogP contribution in [-0.4, -0.2) is 17.6 Å². The van der Waals surface area contributed by atoms with Crippen molar-refractivity contribution in [2.75, 3.05) is 16.4 Å². The topological polar surface area (TPSA) is 67.4 Å². The molecule has 1 heterocycles. The number of para-hydroxylation sites is 1. The second-order valence-electron chi connectivity index (χ2n) is 6.38. The van der Waals surface area contributed by atoms with Gasteiger partial charge in [0.1, 0.15) is 12.4 Å². The number of ether oxygens (including phenoxy) is 1. The van der Waals surface area contributed by atoms with Crippen LogP contribution in [0.3, 0.4) is 0 Å². The Bertz CT molecular complexity index is 1090. The van der Waals surface area contributed by atoms with Crippen molar-refractivity contribution < 1.29 is 14.3 Å². The van der Waals surface area contributed by atoms with Crippen molar-refractivity contribution in [3.63, 3.8) is 0 Å². The summed E-state index contributed by atoms with van der Waals surface area (Å²) in [6, 6.07) is 20.4. The number of carbonyl (C=O) groups excluding carboxylic acids is 2. The van der Waals surface area contributed by atoms with Crippen molar-refractivity contribution in [2.24, 2.45) is 0 Å². The number of rotatable bonds is 5. The highest BCUT2D eigenvalue weighted by Gasteiger charge is 2.17. The minimum Gasteiger partial charge on any atom is -0.488 e. The Kier molecular flexibility index (Phi) is 5.87. The van der Waals surface area contributed by atoms with Crippen LogP contribution in [0.25, 0.3) is 0 Å². The van der Waals surface area contributed by atoms with Gasteiger partial charge in [-0.25, -0.2) is 0 Å². The van der Waals surface area contributed by atoms with Gasteiger partial charge in [0.2, 0.25) is 5.91 Å². The molecule has 0 saturated carbocycles. The summed E-state index contributed by atoms with van der Waals surface area (Å²) >= 11 is 4.99. The maximum atomic E-state index is 12.9. The average molecular weight is 469 g/mol. The van der Waals surface area contributed by atoms with Gasteiger partial charge in [-0.15, -0.1) is 11.8 Å². The van der Waals surface area contributed by atoms with Crippen molar-refractivity contribution in [2.45, 2.75) is 11.5 Å². The summed E-state index contributed by atoms with van der Waals surface area (Å²) in [7, 11) is 0. The Hall–Kier alpha value is -2.77. The zero-order valence-electron chi connectivity index (χ0n) is 15.3. The van der Waals surface area contributed by atoms with Crippen LogP contribution in [0.5, 0.6) is 5.75 Å². The molecular weight excluding hydrogens is 452 g/mol. The molecule has 0 bridgehead atoms. The van der Waals surface area contributed by atoms with E-state index in [0.717, 1.165) is 14.9 Å². The highest BCUT2D eigenvalue weighted by atomic mass is 79.9. The molecule has 0 radical (unpaired) electrons. The number of amides is 2. The van der Waals surface area contributed by atoms with Crippen LogP contribution in [0.15, 0.2) is 76.1 Å². The zero-order valence-corrected chi connectivity index (χ0v) is 17.7. The number of anilines is 2. The first kappa shape index (κ1) is 19.5. The number of hydrogen-bond donors (Lipinski definition) is 2. The van der Waals surface area contributed by atoms with E-state index in [1.807, 2.05) is 42.5 Å². The summed E-state index contributed by atoms with van der Waals surface area (Å²) < 4.78 is 6.87. The highest BCUT2D eigenvalue weighted by Crippen LogP contribution is 2.33. The summed E-state index contributed by atoms with van der Waals surface area (Å²) in [5.74, 6) is 0.586. The van der Waals surface area contributed by atoms with Gasteiger partial charge in [-0.2, -0.15) is 0 Å². The fraction of sp³-hybridized carbons (Fsp3) is 0.0909. The Morgan fingerprint density at radius 3 is 2.76 bits per heavy atom. The van der Waals surface area contributed by atoms with E-state index in [4.69, 9.17) is 4.74 Å². The number of hydrogen-bond acceptors (Lipinski definition) is 4. The van der Waals surface area contributed by atoms with Crippen LogP contribution in [0.1, 0.15) is 15.9 Å². The van der Waals surface area contributed by atoms with Gasteiger partial charge in [0.15, 0.2) is 0 Å². The van der Waals surface area contributed by atoms with Gasteiger partial charge in [-0.05, 0) is 36.4 Å². The third-order valence-electron chi connectivity index (χ3n) is 4.34. The van der Waals surface area contributed by atoms with Crippen LogP contribution in [0.4, 0.5) is 11.4 Å². The quantitative estimate of drug-likeness (QED) is 0.531. The molecule has 0 aromatic heterocycles. The first-order chi connectivity index (χ1) is 14.1. The van der Waals surface area contributed by atoms with Gasteiger partial charge < -0.3 is 15.4 Å². The van der Waals surface area contributed by atoms with E-state index in [1.54, 1.807) is 24.3 Å². The molecule has 0 atom stereocenters. The number of carbonyl (C=O) groups is 2. The van der Waals surface area contributed by atoms with E-state index < -0.39 is 0 Å². The Morgan fingerprint density at radius 1 is 1.10 bits per heavy atom. The molecule has 4 rings (SSSR count). The molecule has 0 spiro atoms. The van der Waals surface area contributed by atoms with Crippen molar-refractivity contribution in [1.29, 1.82) is 0 Å². The Balaban J connectivity index is 1.50. The molecule has 1 aliphatic rings. The van der Waals surface area contributed by atoms with Crippen LogP contribution < -0.4 is 15.4 Å². The minimum atomic E-state index is -0.275. The molecule has 3 aromatic carbocycles. The molecular formula is C22H17BrN2O3S. The van der Waals surface area contributed by atoms with Crippen molar-refractivity contribution in [3.05, 3.63) is 82.3 Å². The van der Waals surface area contributed by atoms with E-state index in [-0.39, 0.29) is 11.8 Å². The van der Waals surface area contributed by atoms with Gasteiger partial charge in [0.25, 0.3) is 5.91 Å². The zero-order chi connectivity index (χ0) is 20.2. The van der Waals surface area contributed by atoms with E-state index in [1.165, 1.54) is 11.8 Å². The lowest BCUT2D eigenvalue weighted by Gasteiger charge is -2.17. The molecule has 29 heavy (non-hydrogen) atoms. The lowest BCUT2D eigenvalue weighted by atomic mass is 10.1. The molecule has 0 fully saturated rings. The summed E-state index contributed by atoms with van der Waals surface area (Å²) in [5.41, 5.74) is 2.75. The lowest BCUT2D eigenvalue weighted by Crippen LogP contribution is -2.19. The summed E-state index contributed by atoms with van der Waals surface area (Å²) in [6.07, 6.45) is 0. The largest absolute Gasteiger partial charge is 0.488 e. The monoisotopic (exact) mass is 468 g/mol. The second kappa shape index (κ2) is 8.71. The van der Waals surface area contributed by atoms with Crippen LogP contribution in [0, 0.1) is 0 Å². The third kappa shape index (κ3) is 4.63. The van der Waals surface area contributed by atoms with Crippen LogP contribution in [-0.2, 0) is 11.4 Å².